The number of aromatic carboxylic acids is 1. The first-order valence-electron chi connectivity index (χ1n) is 9.60. The number of benzene rings is 3. The van der Waals surface area contributed by atoms with Gasteiger partial charge in [-0.15, -0.1) is 0 Å². The second kappa shape index (κ2) is 6.81. The summed E-state index contributed by atoms with van der Waals surface area (Å²) >= 11 is 0. The molecule has 0 spiro atoms. The third kappa shape index (κ3) is 2.92. The number of rotatable bonds is 3. The van der Waals surface area contributed by atoms with E-state index in [2.05, 4.69) is 5.16 Å². The van der Waals surface area contributed by atoms with Crippen molar-refractivity contribution in [2.75, 3.05) is 0 Å². The van der Waals surface area contributed by atoms with E-state index in [0.717, 1.165) is 33.2 Å². The zero-order chi connectivity index (χ0) is 20.8. The number of aryl methyl sites for hydroxylation is 2. The summed E-state index contributed by atoms with van der Waals surface area (Å²) in [6.07, 6.45) is 0. The quantitative estimate of drug-likeness (QED) is 0.444. The van der Waals surface area contributed by atoms with Crippen molar-refractivity contribution in [3.8, 4) is 22.6 Å². The molecule has 0 atom stereocenters. The summed E-state index contributed by atoms with van der Waals surface area (Å²) in [5.74, 6) is -0.551. The Morgan fingerprint density at radius 1 is 0.900 bits per heavy atom. The number of pyridine rings is 1. The molecule has 2 aromatic heterocycles. The Balaban J connectivity index is 1.73. The molecule has 0 fully saturated rings. The van der Waals surface area contributed by atoms with Crippen LogP contribution < -0.4 is 5.11 Å². The fraction of sp³-hybridized carbons (Fsp3) is 0.0800. The Bertz CT molecular complexity index is 1430. The van der Waals surface area contributed by atoms with Crippen LogP contribution in [0.3, 0.4) is 0 Å². The smallest absolute Gasteiger partial charge is 0.174 e. The fourth-order valence-electron chi connectivity index (χ4n) is 3.72. The first-order chi connectivity index (χ1) is 14.5. The van der Waals surface area contributed by atoms with Gasteiger partial charge < -0.3 is 14.4 Å². The van der Waals surface area contributed by atoms with Gasteiger partial charge >= 0.3 is 0 Å². The number of hydrogen-bond acceptors (Lipinski definition) is 5. The predicted molar refractivity (Wildman–Crippen MR) is 114 cm³/mol. The molecule has 146 valence electrons. The van der Waals surface area contributed by atoms with E-state index in [9.17, 15) is 9.90 Å². The summed E-state index contributed by atoms with van der Waals surface area (Å²) in [5.41, 5.74) is 5.85. The largest absolute Gasteiger partial charge is 0.545 e. The molecule has 0 amide bonds. The van der Waals surface area contributed by atoms with Crippen LogP contribution in [-0.2, 0) is 0 Å². The van der Waals surface area contributed by atoms with E-state index >= 15 is 0 Å². The van der Waals surface area contributed by atoms with Crippen LogP contribution in [0.5, 0.6) is 0 Å². The zero-order valence-electron chi connectivity index (χ0n) is 16.5. The SMILES string of the molecule is Cc1ccc(-c2onc3ccc(-c4cc(C(=O)[O-])c5cccc(C)c5n4)cc23)cc1. The number of carbonyl (C=O) groups excluding carboxylic acids is 1. The Kier molecular flexibility index (Phi) is 4.10. The summed E-state index contributed by atoms with van der Waals surface area (Å²) in [5, 5.41) is 17.4. The van der Waals surface area contributed by atoms with Crippen LogP contribution in [0.25, 0.3) is 44.4 Å². The molecule has 5 nitrogen and oxygen atoms in total. The van der Waals surface area contributed by atoms with E-state index in [4.69, 9.17) is 9.51 Å². The van der Waals surface area contributed by atoms with Crippen molar-refractivity contribution in [2.45, 2.75) is 13.8 Å². The van der Waals surface area contributed by atoms with Crippen LogP contribution in [-0.4, -0.2) is 16.1 Å². The number of para-hydroxylation sites is 1. The van der Waals surface area contributed by atoms with Crippen LogP contribution >= 0.6 is 0 Å². The number of carboxylic acids is 1. The molecule has 0 N–H and O–H groups in total. The van der Waals surface area contributed by atoms with E-state index < -0.39 is 5.97 Å². The van der Waals surface area contributed by atoms with Gasteiger partial charge in [0.15, 0.2) is 5.76 Å². The standard InChI is InChI=1S/C25H18N2O3/c1-14-6-8-16(9-7-14)24-20-12-17(10-11-21(20)27-30-24)22-13-19(25(28)29)18-5-3-4-15(2)23(18)26-22/h3-13H,1-2H3,(H,28,29)/p-1. The van der Waals surface area contributed by atoms with E-state index in [0.29, 0.717) is 22.4 Å². The summed E-state index contributed by atoms with van der Waals surface area (Å²) in [7, 11) is 0. The van der Waals surface area contributed by atoms with Crippen molar-refractivity contribution >= 4 is 27.8 Å². The topological polar surface area (TPSA) is 79.0 Å². The number of carbonyl (C=O) groups is 1. The molecular weight excluding hydrogens is 376 g/mol. The molecule has 0 saturated carbocycles. The lowest BCUT2D eigenvalue weighted by Crippen LogP contribution is -2.22. The van der Waals surface area contributed by atoms with Gasteiger partial charge in [0.05, 0.1) is 22.6 Å². The van der Waals surface area contributed by atoms with Crippen molar-refractivity contribution in [2.24, 2.45) is 0 Å². The number of hydrogen-bond donors (Lipinski definition) is 0. The highest BCUT2D eigenvalue weighted by Gasteiger charge is 2.14. The van der Waals surface area contributed by atoms with Crippen LogP contribution in [0.1, 0.15) is 21.5 Å². The van der Waals surface area contributed by atoms with Crippen molar-refractivity contribution in [1.82, 2.24) is 10.1 Å². The minimum absolute atomic E-state index is 0.128. The number of nitrogens with zero attached hydrogens (tertiary/aromatic N) is 2. The predicted octanol–water partition coefficient (Wildman–Crippen LogP) is 4.69. The molecule has 5 heteroatoms. The van der Waals surface area contributed by atoms with Crippen molar-refractivity contribution in [3.05, 3.63) is 83.4 Å². The molecule has 0 bridgehead atoms. The van der Waals surface area contributed by atoms with Crippen LogP contribution in [0.4, 0.5) is 0 Å². The molecule has 0 unspecified atom stereocenters. The molecule has 2 heterocycles. The van der Waals surface area contributed by atoms with Crippen molar-refractivity contribution in [1.29, 1.82) is 0 Å². The second-order valence-corrected chi connectivity index (χ2v) is 7.42. The Morgan fingerprint density at radius 3 is 2.43 bits per heavy atom. The summed E-state index contributed by atoms with van der Waals surface area (Å²) in [6, 6.07) is 20.7. The average molecular weight is 393 g/mol. The third-order valence-corrected chi connectivity index (χ3v) is 5.35. The minimum Gasteiger partial charge on any atom is -0.545 e. The van der Waals surface area contributed by atoms with Crippen molar-refractivity contribution < 1.29 is 14.4 Å². The Morgan fingerprint density at radius 2 is 1.67 bits per heavy atom. The average Bonchev–Trinajstić information content (AvgIpc) is 3.17. The Labute approximate surface area is 172 Å². The molecule has 0 radical (unpaired) electrons. The molecule has 30 heavy (non-hydrogen) atoms. The van der Waals surface area contributed by atoms with Gasteiger partial charge in [-0.05, 0) is 37.6 Å². The third-order valence-electron chi connectivity index (χ3n) is 5.35. The maximum atomic E-state index is 11.8. The zero-order valence-corrected chi connectivity index (χ0v) is 16.5. The molecule has 3 aromatic carbocycles. The van der Waals surface area contributed by atoms with E-state index in [1.54, 1.807) is 12.1 Å². The van der Waals surface area contributed by atoms with Crippen LogP contribution in [0.15, 0.2) is 71.3 Å². The van der Waals surface area contributed by atoms with E-state index in [-0.39, 0.29) is 5.56 Å². The molecular formula is C25H17N2O3-. The summed E-state index contributed by atoms with van der Waals surface area (Å²) in [4.78, 5) is 16.5. The second-order valence-electron chi connectivity index (χ2n) is 7.42. The number of aromatic nitrogens is 2. The highest BCUT2D eigenvalue weighted by atomic mass is 16.5. The van der Waals surface area contributed by atoms with Crippen LogP contribution in [0, 0.1) is 13.8 Å². The van der Waals surface area contributed by atoms with E-state index in [1.807, 2.05) is 68.4 Å². The van der Waals surface area contributed by atoms with Gasteiger partial charge in [0.1, 0.15) is 5.52 Å². The molecule has 5 rings (SSSR count). The van der Waals surface area contributed by atoms with Gasteiger partial charge in [-0.3, -0.25) is 0 Å². The highest BCUT2D eigenvalue weighted by Crippen LogP contribution is 2.33. The minimum atomic E-state index is -1.22. The molecule has 5 aromatic rings. The summed E-state index contributed by atoms with van der Waals surface area (Å²) < 4.78 is 5.61. The highest BCUT2D eigenvalue weighted by molar-refractivity contribution is 6.04. The van der Waals surface area contributed by atoms with Crippen LogP contribution in [0.2, 0.25) is 0 Å². The van der Waals surface area contributed by atoms with E-state index in [1.165, 1.54) is 0 Å². The monoisotopic (exact) mass is 393 g/mol. The molecule has 0 aliphatic heterocycles. The lowest BCUT2D eigenvalue weighted by molar-refractivity contribution is -0.254. The first-order valence-corrected chi connectivity index (χ1v) is 9.60. The van der Waals surface area contributed by atoms with Crippen molar-refractivity contribution in [3.63, 3.8) is 0 Å². The fourth-order valence-corrected chi connectivity index (χ4v) is 3.72. The van der Waals surface area contributed by atoms with Gasteiger partial charge in [-0.1, -0.05) is 59.3 Å². The normalized spacial score (nSPS) is 11.3. The van der Waals surface area contributed by atoms with Gasteiger partial charge in [0, 0.05) is 22.1 Å². The van der Waals surface area contributed by atoms with Gasteiger partial charge in [0.2, 0.25) is 0 Å². The lowest BCUT2D eigenvalue weighted by Gasteiger charge is -2.12. The summed E-state index contributed by atoms with van der Waals surface area (Å²) in [6.45, 7) is 3.94. The van der Waals surface area contributed by atoms with Gasteiger partial charge in [0.25, 0.3) is 0 Å². The maximum Gasteiger partial charge on any atom is 0.174 e. The first kappa shape index (κ1) is 18.1. The molecule has 0 saturated heterocycles. The maximum absolute atomic E-state index is 11.8. The van der Waals surface area contributed by atoms with Gasteiger partial charge in [-0.2, -0.15) is 0 Å². The molecule has 0 aliphatic rings. The number of fused-ring (bicyclic) bond motifs is 2. The van der Waals surface area contributed by atoms with Gasteiger partial charge in [-0.25, -0.2) is 4.98 Å². The molecule has 0 aliphatic carbocycles. The lowest BCUT2D eigenvalue weighted by atomic mass is 10.00. The Hall–Kier alpha value is -3.99. The number of carboxylic acid groups (broad SMARTS) is 1.